The summed E-state index contributed by atoms with van der Waals surface area (Å²) in [6.07, 6.45) is 0. The van der Waals surface area contributed by atoms with Crippen LogP contribution in [0.3, 0.4) is 0 Å². The van der Waals surface area contributed by atoms with E-state index in [1.54, 1.807) is 0 Å². The van der Waals surface area contributed by atoms with Crippen LogP contribution < -0.4 is 4.52 Å². The quantitative estimate of drug-likeness (QED) is 0.510. The molecule has 0 fully saturated rings. The highest BCUT2D eigenvalue weighted by Crippen LogP contribution is 2.52. The van der Waals surface area contributed by atoms with Crippen LogP contribution in [0.2, 0.25) is 0 Å². The van der Waals surface area contributed by atoms with E-state index in [-0.39, 0.29) is 17.4 Å². The van der Waals surface area contributed by atoms with E-state index in [9.17, 15) is 0 Å². The molecule has 0 amide bonds. The van der Waals surface area contributed by atoms with Crippen molar-refractivity contribution in [1.29, 1.82) is 0 Å². The normalized spacial score (nSPS) is 13.9. The minimum Gasteiger partial charge on any atom is -0.436 e. The second kappa shape index (κ2) is 6.90. The van der Waals surface area contributed by atoms with E-state index in [0.29, 0.717) is 12.4 Å². The van der Waals surface area contributed by atoms with Gasteiger partial charge in [0, 0.05) is 0 Å². The molecule has 0 aromatic heterocycles. The van der Waals surface area contributed by atoms with E-state index in [1.165, 1.54) is 0 Å². The van der Waals surface area contributed by atoms with Gasteiger partial charge in [0.15, 0.2) is 17.4 Å². The Hall–Kier alpha value is 0.512. The second-order valence-electron chi connectivity index (χ2n) is 2.29. The highest BCUT2D eigenvalue weighted by Gasteiger charge is 2.12. The Morgan fingerprint density at radius 3 is 2.43 bits per heavy atom. The zero-order valence-corrected chi connectivity index (χ0v) is 9.82. The van der Waals surface area contributed by atoms with Crippen molar-refractivity contribution in [2.45, 2.75) is 6.92 Å². The molecule has 1 unspecified atom stereocenters. The number of para-hydroxylation sites is 1. The monoisotopic (exact) mass is 264 g/mol. The average Bonchev–Trinajstić information content (AvgIpc) is 2.04. The minimum atomic E-state index is -2.39. The molecule has 0 N–H and O–H groups in total. The van der Waals surface area contributed by atoms with Crippen molar-refractivity contribution >= 4 is 47.1 Å². The van der Waals surface area contributed by atoms with E-state index in [4.69, 9.17) is 20.9 Å². The Morgan fingerprint density at radius 2 is 1.93 bits per heavy atom. The van der Waals surface area contributed by atoms with Crippen molar-refractivity contribution in [1.82, 2.24) is 0 Å². The third-order valence-corrected chi connectivity index (χ3v) is 3.41. The molecule has 0 heterocycles. The summed E-state index contributed by atoms with van der Waals surface area (Å²) in [7, 11) is 0. The number of hydrogen-bond donors (Lipinski definition) is 1. The fraction of sp³-hybridized carbons (Fsp3) is 0.250. The molecule has 0 aliphatic carbocycles. The van der Waals surface area contributed by atoms with E-state index in [1.807, 2.05) is 37.3 Å². The summed E-state index contributed by atoms with van der Waals surface area (Å²) in [4.78, 5) is 0. The van der Waals surface area contributed by atoms with Gasteiger partial charge in [-0.1, -0.05) is 30.4 Å². The lowest BCUT2D eigenvalue weighted by Crippen LogP contribution is -1.91. The van der Waals surface area contributed by atoms with E-state index in [0.717, 1.165) is 0 Å². The van der Waals surface area contributed by atoms with Crippen LogP contribution in [-0.2, 0) is 16.3 Å². The van der Waals surface area contributed by atoms with Crippen molar-refractivity contribution < 1.29 is 9.05 Å². The SMILES string of the molecule is CCOP(=S)(S)Oc1ccccc1.[AlH3]. The lowest BCUT2D eigenvalue weighted by molar-refractivity contribution is 0.345. The topological polar surface area (TPSA) is 18.5 Å². The summed E-state index contributed by atoms with van der Waals surface area (Å²) in [5.74, 6) is 0.703. The van der Waals surface area contributed by atoms with Gasteiger partial charge < -0.3 is 9.05 Å². The van der Waals surface area contributed by atoms with Gasteiger partial charge >= 0.3 is 0 Å². The number of benzene rings is 1. The summed E-state index contributed by atoms with van der Waals surface area (Å²) < 4.78 is 10.6. The summed E-state index contributed by atoms with van der Waals surface area (Å²) in [6, 6.07) is 9.33. The first kappa shape index (κ1) is 14.5. The zero-order chi connectivity index (χ0) is 9.73. The summed E-state index contributed by atoms with van der Waals surface area (Å²) in [6.45, 7) is 2.39. The van der Waals surface area contributed by atoms with Crippen LogP contribution in [0.5, 0.6) is 5.75 Å². The molecule has 0 saturated carbocycles. The molecule has 1 aromatic carbocycles. The first-order valence-electron chi connectivity index (χ1n) is 3.86. The molecule has 0 radical (unpaired) electrons. The maximum Gasteiger partial charge on any atom is 0.294 e. The highest BCUT2D eigenvalue weighted by molar-refractivity contribution is 8.60. The Labute approximate surface area is 105 Å². The molecule has 0 aliphatic heterocycles. The van der Waals surface area contributed by atoms with Gasteiger partial charge in [-0.25, -0.2) is 0 Å². The van der Waals surface area contributed by atoms with E-state index < -0.39 is 5.69 Å². The van der Waals surface area contributed by atoms with Crippen molar-refractivity contribution in [2.75, 3.05) is 6.61 Å². The Morgan fingerprint density at radius 1 is 1.36 bits per heavy atom. The van der Waals surface area contributed by atoms with Crippen LogP contribution in [0.25, 0.3) is 0 Å². The van der Waals surface area contributed by atoms with Gasteiger partial charge in [0.2, 0.25) is 0 Å². The molecular weight excluding hydrogens is 250 g/mol. The zero-order valence-electron chi connectivity index (χ0n) is 7.21. The van der Waals surface area contributed by atoms with Gasteiger partial charge in [-0.2, -0.15) is 0 Å². The van der Waals surface area contributed by atoms with Gasteiger partial charge in [0.25, 0.3) is 5.69 Å². The van der Waals surface area contributed by atoms with Crippen LogP contribution in [0.1, 0.15) is 6.92 Å². The molecule has 78 valence electrons. The van der Waals surface area contributed by atoms with Gasteiger partial charge in [0.05, 0.1) is 6.61 Å². The third-order valence-electron chi connectivity index (χ3n) is 1.26. The molecule has 0 bridgehead atoms. The van der Waals surface area contributed by atoms with Crippen molar-refractivity contribution in [3.05, 3.63) is 30.3 Å². The maximum absolute atomic E-state index is 5.41. The molecule has 1 aromatic rings. The molecule has 0 spiro atoms. The smallest absolute Gasteiger partial charge is 0.294 e. The predicted molar refractivity (Wildman–Crippen MR) is 71.9 cm³/mol. The van der Waals surface area contributed by atoms with Crippen LogP contribution in [-0.4, -0.2) is 24.0 Å². The molecule has 1 atom stereocenters. The molecule has 1 rings (SSSR count). The number of rotatable bonds is 4. The summed E-state index contributed by atoms with van der Waals surface area (Å²) >= 11 is 9.22. The van der Waals surface area contributed by atoms with Gasteiger partial charge in [-0.15, -0.1) is 0 Å². The standard InChI is InChI=1S/C8H11O2PS2.Al.3H/c1-2-9-11(12,13)10-8-6-4-3-5-7-8;;;;/h3-7H,2H2,1H3,(H,12,13);;;;. The largest absolute Gasteiger partial charge is 0.436 e. The Kier molecular flexibility index (Phi) is 7.15. The molecule has 0 aliphatic rings. The van der Waals surface area contributed by atoms with Crippen LogP contribution >= 0.6 is 17.9 Å². The van der Waals surface area contributed by atoms with Crippen LogP contribution in [0.4, 0.5) is 0 Å². The Balaban J connectivity index is 0.00000169. The first-order valence-corrected chi connectivity index (χ1v) is 7.65. The van der Waals surface area contributed by atoms with Gasteiger partial charge in [-0.05, 0) is 30.9 Å². The summed E-state index contributed by atoms with van der Waals surface area (Å²) in [5.41, 5.74) is -2.39. The molecule has 0 saturated heterocycles. The fourth-order valence-electron chi connectivity index (χ4n) is 0.804. The van der Waals surface area contributed by atoms with Crippen molar-refractivity contribution in [3.63, 3.8) is 0 Å². The highest BCUT2D eigenvalue weighted by atomic mass is 32.9. The summed E-state index contributed by atoms with van der Waals surface area (Å²) in [5, 5.41) is 0. The van der Waals surface area contributed by atoms with Crippen LogP contribution in [0.15, 0.2) is 30.3 Å². The lowest BCUT2D eigenvalue weighted by atomic mass is 10.3. The molecule has 2 nitrogen and oxygen atoms in total. The van der Waals surface area contributed by atoms with Gasteiger partial charge in [0.1, 0.15) is 5.75 Å². The Bertz CT molecular complexity index is 307. The van der Waals surface area contributed by atoms with Crippen LogP contribution in [0, 0.1) is 0 Å². The first-order chi connectivity index (χ1) is 6.14. The van der Waals surface area contributed by atoms with Gasteiger partial charge in [-0.3, -0.25) is 0 Å². The number of thiol groups is 1. The van der Waals surface area contributed by atoms with E-state index >= 15 is 0 Å². The second-order valence-corrected chi connectivity index (χ2v) is 7.50. The average molecular weight is 264 g/mol. The van der Waals surface area contributed by atoms with Crippen molar-refractivity contribution in [3.8, 4) is 5.75 Å². The lowest BCUT2D eigenvalue weighted by Gasteiger charge is -2.16. The molecule has 14 heavy (non-hydrogen) atoms. The predicted octanol–water partition coefficient (Wildman–Crippen LogP) is 2.07. The molecule has 6 heteroatoms. The van der Waals surface area contributed by atoms with E-state index in [2.05, 4.69) is 12.2 Å². The number of hydrogen-bond acceptors (Lipinski definition) is 3. The maximum atomic E-state index is 5.41. The minimum absolute atomic E-state index is 0. The third kappa shape index (κ3) is 5.41. The van der Waals surface area contributed by atoms with Crippen molar-refractivity contribution in [2.24, 2.45) is 0 Å². The molecular formula is C8H14AlO2PS2. The fourth-order valence-corrected chi connectivity index (χ4v) is 2.77.